The van der Waals surface area contributed by atoms with Crippen molar-refractivity contribution >= 4 is 27.3 Å². The molecule has 1 atom stereocenters. The van der Waals surface area contributed by atoms with Crippen LogP contribution in [-0.4, -0.2) is 27.0 Å². The van der Waals surface area contributed by atoms with Crippen LogP contribution >= 0.6 is 0 Å². The summed E-state index contributed by atoms with van der Waals surface area (Å²) in [5, 5.41) is 2.72. The fourth-order valence-corrected chi connectivity index (χ4v) is 3.78. The van der Waals surface area contributed by atoms with Gasteiger partial charge in [-0.25, -0.2) is 8.42 Å². The number of sulfonamides is 1. The van der Waals surface area contributed by atoms with Crippen LogP contribution in [0.25, 0.3) is 0 Å². The fourth-order valence-electron chi connectivity index (χ4n) is 2.72. The van der Waals surface area contributed by atoms with E-state index in [1.807, 2.05) is 25.1 Å². The molecule has 3 rings (SSSR count). The first-order valence-corrected chi connectivity index (χ1v) is 11.2. The van der Waals surface area contributed by atoms with Crippen LogP contribution < -0.4 is 19.5 Å². The van der Waals surface area contributed by atoms with Gasteiger partial charge in [0.2, 0.25) is 0 Å². The molecule has 0 saturated heterocycles. The van der Waals surface area contributed by atoms with E-state index in [1.54, 1.807) is 43.3 Å². The molecule has 0 saturated carbocycles. The minimum Gasteiger partial charge on any atom is -0.494 e. The van der Waals surface area contributed by atoms with Gasteiger partial charge in [0.15, 0.2) is 6.10 Å². The summed E-state index contributed by atoms with van der Waals surface area (Å²) in [6.45, 7) is 4.05. The molecule has 0 heterocycles. The van der Waals surface area contributed by atoms with Crippen LogP contribution in [0.4, 0.5) is 11.4 Å². The van der Waals surface area contributed by atoms with Crippen molar-refractivity contribution in [2.45, 2.75) is 24.8 Å². The Hall–Kier alpha value is -3.52. The van der Waals surface area contributed by atoms with Crippen LogP contribution in [0.5, 0.6) is 11.5 Å². The zero-order valence-electron chi connectivity index (χ0n) is 17.2. The highest BCUT2D eigenvalue weighted by Gasteiger charge is 2.17. The molecule has 3 aromatic rings. The summed E-state index contributed by atoms with van der Waals surface area (Å²) < 4.78 is 38.7. The topological polar surface area (TPSA) is 93.7 Å². The van der Waals surface area contributed by atoms with Crippen LogP contribution in [0.15, 0.2) is 83.8 Å². The van der Waals surface area contributed by atoms with Gasteiger partial charge in [-0.3, -0.25) is 9.52 Å². The zero-order chi connectivity index (χ0) is 22.3. The van der Waals surface area contributed by atoms with E-state index >= 15 is 0 Å². The smallest absolute Gasteiger partial charge is 0.265 e. The third-order valence-corrected chi connectivity index (χ3v) is 5.67. The average Bonchev–Trinajstić information content (AvgIpc) is 2.76. The molecule has 0 aliphatic heterocycles. The van der Waals surface area contributed by atoms with Gasteiger partial charge in [0, 0.05) is 11.4 Å². The van der Waals surface area contributed by atoms with Crippen molar-refractivity contribution in [2.24, 2.45) is 0 Å². The van der Waals surface area contributed by atoms with Crippen LogP contribution in [0.2, 0.25) is 0 Å². The molecule has 3 aromatic carbocycles. The van der Waals surface area contributed by atoms with E-state index in [9.17, 15) is 13.2 Å². The Labute approximate surface area is 182 Å². The highest BCUT2D eigenvalue weighted by molar-refractivity contribution is 7.92. The molecule has 1 amide bonds. The maximum Gasteiger partial charge on any atom is 0.265 e. The van der Waals surface area contributed by atoms with Gasteiger partial charge in [-0.15, -0.1) is 0 Å². The lowest BCUT2D eigenvalue weighted by atomic mass is 10.3. The van der Waals surface area contributed by atoms with Gasteiger partial charge in [0.25, 0.3) is 15.9 Å². The maximum atomic E-state index is 12.6. The van der Waals surface area contributed by atoms with Crippen LogP contribution in [-0.2, 0) is 14.8 Å². The molecule has 0 aliphatic carbocycles. The SMILES string of the molecule is CCOc1ccc(NS(=O)(=O)c2ccc(NC(=O)[C@H](C)Oc3ccccc3)cc2)cc1. The van der Waals surface area contributed by atoms with Gasteiger partial charge < -0.3 is 14.8 Å². The molecule has 0 fully saturated rings. The first kappa shape index (κ1) is 22.2. The molecule has 0 aliphatic rings. The quantitative estimate of drug-likeness (QED) is 0.518. The molecular formula is C23H24N2O5S. The molecule has 8 heteroatoms. The molecule has 7 nitrogen and oxygen atoms in total. The van der Waals surface area contributed by atoms with Gasteiger partial charge >= 0.3 is 0 Å². The Balaban J connectivity index is 1.61. The van der Waals surface area contributed by atoms with Gasteiger partial charge in [0.1, 0.15) is 11.5 Å². The number of nitrogens with one attached hydrogen (secondary N) is 2. The van der Waals surface area contributed by atoms with Crippen molar-refractivity contribution in [3.8, 4) is 11.5 Å². The highest BCUT2D eigenvalue weighted by Crippen LogP contribution is 2.21. The molecule has 0 spiro atoms. The molecule has 0 unspecified atom stereocenters. The summed E-state index contributed by atoms with van der Waals surface area (Å²) in [5.74, 6) is 0.912. The largest absolute Gasteiger partial charge is 0.494 e. The Morgan fingerprint density at radius 2 is 1.48 bits per heavy atom. The van der Waals surface area contributed by atoms with Crippen molar-refractivity contribution in [1.29, 1.82) is 0 Å². The van der Waals surface area contributed by atoms with Crippen molar-refractivity contribution < 1.29 is 22.7 Å². The predicted octanol–water partition coefficient (Wildman–Crippen LogP) is 4.29. The van der Waals surface area contributed by atoms with E-state index in [1.165, 1.54) is 24.3 Å². The first-order valence-electron chi connectivity index (χ1n) is 9.75. The number of para-hydroxylation sites is 1. The monoisotopic (exact) mass is 440 g/mol. The summed E-state index contributed by atoms with van der Waals surface area (Å²) >= 11 is 0. The molecule has 0 bridgehead atoms. The second-order valence-corrected chi connectivity index (χ2v) is 8.33. The number of hydrogen-bond donors (Lipinski definition) is 2. The Bertz CT molecular complexity index is 1100. The number of carbonyl (C=O) groups excluding carboxylic acids is 1. The molecular weight excluding hydrogens is 416 g/mol. The normalized spacial score (nSPS) is 11.9. The highest BCUT2D eigenvalue weighted by atomic mass is 32.2. The van der Waals surface area contributed by atoms with Crippen molar-refractivity contribution in [3.05, 3.63) is 78.9 Å². The van der Waals surface area contributed by atoms with Crippen molar-refractivity contribution in [3.63, 3.8) is 0 Å². The maximum absolute atomic E-state index is 12.6. The lowest BCUT2D eigenvalue weighted by Gasteiger charge is -2.15. The fraction of sp³-hybridized carbons (Fsp3) is 0.174. The Morgan fingerprint density at radius 3 is 2.10 bits per heavy atom. The van der Waals surface area contributed by atoms with E-state index in [4.69, 9.17) is 9.47 Å². The summed E-state index contributed by atoms with van der Waals surface area (Å²) in [7, 11) is -3.77. The van der Waals surface area contributed by atoms with Crippen molar-refractivity contribution in [2.75, 3.05) is 16.6 Å². The molecule has 0 aromatic heterocycles. The lowest BCUT2D eigenvalue weighted by molar-refractivity contribution is -0.122. The zero-order valence-corrected chi connectivity index (χ0v) is 18.1. The number of anilines is 2. The van der Waals surface area contributed by atoms with Crippen LogP contribution in [0.1, 0.15) is 13.8 Å². The van der Waals surface area contributed by atoms with Gasteiger partial charge in [-0.1, -0.05) is 18.2 Å². The van der Waals surface area contributed by atoms with Gasteiger partial charge in [-0.05, 0) is 74.5 Å². The Kier molecular flexibility index (Phi) is 7.15. The second kappa shape index (κ2) is 9.99. The number of benzene rings is 3. The summed E-state index contributed by atoms with van der Waals surface area (Å²) in [6, 6.07) is 21.6. The molecule has 0 radical (unpaired) electrons. The first-order chi connectivity index (χ1) is 14.9. The third kappa shape index (κ3) is 6.23. The van der Waals surface area contributed by atoms with Gasteiger partial charge in [-0.2, -0.15) is 0 Å². The number of amides is 1. The minimum absolute atomic E-state index is 0.0768. The van der Waals surface area contributed by atoms with Crippen molar-refractivity contribution in [1.82, 2.24) is 0 Å². The standard InChI is InChI=1S/C23H24N2O5S/c1-3-29-20-13-9-19(10-14-20)25-31(27,28)22-15-11-18(12-16-22)24-23(26)17(2)30-21-7-5-4-6-8-21/h4-17,25H,3H2,1-2H3,(H,24,26)/t17-/m0/s1. The number of rotatable bonds is 9. The van der Waals surface area contributed by atoms with Crippen LogP contribution in [0, 0.1) is 0 Å². The molecule has 162 valence electrons. The van der Waals surface area contributed by atoms with E-state index in [2.05, 4.69) is 10.0 Å². The Morgan fingerprint density at radius 1 is 0.871 bits per heavy atom. The molecule has 2 N–H and O–H groups in total. The average molecular weight is 441 g/mol. The van der Waals surface area contributed by atoms with E-state index in [0.717, 1.165) is 0 Å². The van der Waals surface area contributed by atoms with Gasteiger partial charge in [0.05, 0.1) is 11.5 Å². The third-order valence-electron chi connectivity index (χ3n) is 4.27. The number of ether oxygens (including phenoxy) is 2. The minimum atomic E-state index is -3.77. The van der Waals surface area contributed by atoms with E-state index in [-0.39, 0.29) is 10.8 Å². The summed E-state index contributed by atoms with van der Waals surface area (Å²) in [4.78, 5) is 12.4. The van der Waals surface area contributed by atoms with Crippen LogP contribution in [0.3, 0.4) is 0 Å². The molecule has 31 heavy (non-hydrogen) atoms. The van der Waals surface area contributed by atoms with E-state index in [0.29, 0.717) is 29.5 Å². The number of carbonyl (C=O) groups is 1. The lowest BCUT2D eigenvalue weighted by Crippen LogP contribution is -2.30. The second-order valence-electron chi connectivity index (χ2n) is 6.65. The summed E-state index contributed by atoms with van der Waals surface area (Å²) in [6.07, 6.45) is -0.716. The number of hydrogen-bond acceptors (Lipinski definition) is 5. The van der Waals surface area contributed by atoms with E-state index < -0.39 is 16.1 Å². The summed E-state index contributed by atoms with van der Waals surface area (Å²) in [5.41, 5.74) is 0.890. The predicted molar refractivity (Wildman–Crippen MR) is 120 cm³/mol.